The van der Waals surface area contributed by atoms with Gasteiger partial charge < -0.3 is 15.1 Å². The molecule has 0 amide bonds. The van der Waals surface area contributed by atoms with Gasteiger partial charge in [-0.25, -0.2) is 0 Å². The Morgan fingerprint density at radius 3 is 2.31 bits per heavy atom. The van der Waals surface area contributed by atoms with Gasteiger partial charge in [0.15, 0.2) is 0 Å². The summed E-state index contributed by atoms with van der Waals surface area (Å²) in [6.07, 6.45) is 6.80. The predicted octanol–water partition coefficient (Wildman–Crippen LogP) is 1.15. The van der Waals surface area contributed by atoms with E-state index in [2.05, 4.69) is 36.3 Å². The van der Waals surface area contributed by atoms with E-state index in [-0.39, 0.29) is 0 Å². The van der Waals surface area contributed by atoms with Crippen molar-refractivity contribution in [1.29, 1.82) is 0 Å². The molecule has 3 nitrogen and oxygen atoms in total. The fourth-order valence-electron chi connectivity index (χ4n) is 2.91. The SMILES string of the molecule is CN1CCC(NCC2(N(C)C)CCC2)CC1. The average Bonchev–Trinajstić information content (AvgIpc) is 2.18. The molecule has 1 heterocycles. The van der Waals surface area contributed by atoms with Gasteiger partial charge in [-0.3, -0.25) is 0 Å². The number of hydrogen-bond acceptors (Lipinski definition) is 3. The maximum atomic E-state index is 3.80. The van der Waals surface area contributed by atoms with E-state index in [9.17, 15) is 0 Å². The molecule has 0 unspecified atom stereocenters. The van der Waals surface area contributed by atoms with E-state index in [1.807, 2.05) is 0 Å². The zero-order valence-corrected chi connectivity index (χ0v) is 11.1. The highest BCUT2D eigenvalue weighted by Crippen LogP contribution is 2.35. The Bertz CT molecular complexity index is 215. The normalized spacial score (nSPS) is 27.0. The second-order valence-corrected chi connectivity index (χ2v) is 5.93. The topological polar surface area (TPSA) is 18.5 Å². The second-order valence-electron chi connectivity index (χ2n) is 5.93. The molecule has 0 spiro atoms. The molecule has 1 aliphatic carbocycles. The van der Waals surface area contributed by atoms with Crippen LogP contribution in [-0.2, 0) is 0 Å². The van der Waals surface area contributed by atoms with Crippen LogP contribution in [0.3, 0.4) is 0 Å². The number of likely N-dealkylation sites (N-methyl/N-ethyl adjacent to an activating group) is 1. The summed E-state index contributed by atoms with van der Waals surface area (Å²) in [6, 6.07) is 0.758. The van der Waals surface area contributed by atoms with Gasteiger partial charge in [-0.15, -0.1) is 0 Å². The lowest BCUT2D eigenvalue weighted by molar-refractivity contribution is 0.0541. The monoisotopic (exact) mass is 225 g/mol. The molecule has 0 radical (unpaired) electrons. The van der Waals surface area contributed by atoms with E-state index in [1.165, 1.54) is 51.7 Å². The summed E-state index contributed by atoms with van der Waals surface area (Å²) in [5.41, 5.74) is 0.476. The first-order valence-corrected chi connectivity index (χ1v) is 6.72. The van der Waals surface area contributed by atoms with Crippen molar-refractivity contribution in [2.24, 2.45) is 0 Å². The van der Waals surface area contributed by atoms with Crippen molar-refractivity contribution in [1.82, 2.24) is 15.1 Å². The zero-order chi connectivity index (χ0) is 11.6. The predicted molar refractivity (Wildman–Crippen MR) is 68.8 cm³/mol. The lowest BCUT2D eigenvalue weighted by Gasteiger charge is -2.48. The summed E-state index contributed by atoms with van der Waals surface area (Å²) in [6.45, 7) is 3.70. The quantitative estimate of drug-likeness (QED) is 0.774. The molecular formula is C13H27N3. The highest BCUT2D eigenvalue weighted by molar-refractivity contribution is 4.98. The fourth-order valence-corrected chi connectivity index (χ4v) is 2.91. The third-order valence-electron chi connectivity index (χ3n) is 4.67. The van der Waals surface area contributed by atoms with E-state index in [0.717, 1.165) is 6.04 Å². The molecule has 0 aromatic heterocycles. The van der Waals surface area contributed by atoms with Gasteiger partial charge >= 0.3 is 0 Å². The van der Waals surface area contributed by atoms with E-state index in [0.29, 0.717) is 5.54 Å². The zero-order valence-electron chi connectivity index (χ0n) is 11.1. The molecular weight excluding hydrogens is 198 g/mol. The Labute approximate surface area is 100 Å². The van der Waals surface area contributed by atoms with Gasteiger partial charge in [-0.1, -0.05) is 0 Å². The molecule has 0 atom stereocenters. The third kappa shape index (κ3) is 2.58. The van der Waals surface area contributed by atoms with Gasteiger partial charge in [0.05, 0.1) is 0 Å². The van der Waals surface area contributed by atoms with Gasteiger partial charge in [-0.05, 0) is 66.3 Å². The minimum Gasteiger partial charge on any atom is -0.312 e. The number of nitrogens with zero attached hydrogens (tertiary/aromatic N) is 2. The van der Waals surface area contributed by atoms with Gasteiger partial charge in [-0.2, -0.15) is 0 Å². The Kier molecular flexibility index (Phi) is 3.88. The fraction of sp³-hybridized carbons (Fsp3) is 1.00. The van der Waals surface area contributed by atoms with Crippen LogP contribution in [0.4, 0.5) is 0 Å². The maximum absolute atomic E-state index is 3.80. The first-order chi connectivity index (χ1) is 7.62. The van der Waals surface area contributed by atoms with Crippen LogP contribution in [-0.4, -0.2) is 62.2 Å². The number of nitrogens with one attached hydrogen (secondary N) is 1. The molecule has 1 aliphatic heterocycles. The van der Waals surface area contributed by atoms with Crippen LogP contribution in [0.25, 0.3) is 0 Å². The van der Waals surface area contributed by atoms with Crippen LogP contribution in [0.2, 0.25) is 0 Å². The third-order valence-corrected chi connectivity index (χ3v) is 4.67. The molecule has 16 heavy (non-hydrogen) atoms. The lowest BCUT2D eigenvalue weighted by atomic mass is 9.75. The number of likely N-dealkylation sites (tertiary alicyclic amines) is 1. The summed E-state index contributed by atoms with van der Waals surface area (Å²) < 4.78 is 0. The lowest BCUT2D eigenvalue weighted by Crippen LogP contribution is -2.58. The molecule has 1 N–H and O–H groups in total. The van der Waals surface area contributed by atoms with Crippen molar-refractivity contribution < 1.29 is 0 Å². The van der Waals surface area contributed by atoms with E-state index < -0.39 is 0 Å². The van der Waals surface area contributed by atoms with E-state index in [1.54, 1.807) is 0 Å². The van der Waals surface area contributed by atoms with Crippen molar-refractivity contribution in [2.45, 2.75) is 43.7 Å². The molecule has 94 valence electrons. The minimum absolute atomic E-state index is 0.476. The summed E-state index contributed by atoms with van der Waals surface area (Å²) in [5, 5.41) is 3.80. The highest BCUT2D eigenvalue weighted by Gasteiger charge is 2.39. The number of rotatable bonds is 4. The Balaban J connectivity index is 1.74. The van der Waals surface area contributed by atoms with Gasteiger partial charge in [0.25, 0.3) is 0 Å². The Morgan fingerprint density at radius 1 is 1.25 bits per heavy atom. The first kappa shape index (κ1) is 12.3. The summed E-state index contributed by atoms with van der Waals surface area (Å²) in [7, 11) is 6.69. The van der Waals surface area contributed by atoms with Gasteiger partial charge in [0.2, 0.25) is 0 Å². The Morgan fingerprint density at radius 2 is 1.88 bits per heavy atom. The van der Waals surface area contributed by atoms with Crippen LogP contribution in [0, 0.1) is 0 Å². The van der Waals surface area contributed by atoms with Gasteiger partial charge in [0, 0.05) is 18.1 Å². The van der Waals surface area contributed by atoms with Crippen molar-refractivity contribution in [2.75, 3.05) is 40.8 Å². The highest BCUT2D eigenvalue weighted by atomic mass is 15.2. The van der Waals surface area contributed by atoms with Crippen molar-refractivity contribution >= 4 is 0 Å². The second kappa shape index (κ2) is 5.03. The van der Waals surface area contributed by atoms with Crippen molar-refractivity contribution in [3.05, 3.63) is 0 Å². The van der Waals surface area contributed by atoms with Gasteiger partial charge in [0.1, 0.15) is 0 Å². The molecule has 3 heteroatoms. The number of piperidine rings is 1. The minimum atomic E-state index is 0.476. The molecule has 1 saturated carbocycles. The standard InChI is InChI=1S/C13H27N3/c1-15(2)13(7-4-8-13)11-14-12-5-9-16(3)10-6-12/h12,14H,4-11H2,1-3H3. The van der Waals surface area contributed by atoms with Crippen LogP contribution in [0.5, 0.6) is 0 Å². The largest absolute Gasteiger partial charge is 0.312 e. The summed E-state index contributed by atoms with van der Waals surface area (Å²) in [4.78, 5) is 4.86. The number of hydrogen-bond donors (Lipinski definition) is 1. The summed E-state index contributed by atoms with van der Waals surface area (Å²) >= 11 is 0. The first-order valence-electron chi connectivity index (χ1n) is 6.72. The van der Waals surface area contributed by atoms with Crippen LogP contribution >= 0.6 is 0 Å². The molecule has 1 saturated heterocycles. The van der Waals surface area contributed by atoms with Crippen LogP contribution in [0.15, 0.2) is 0 Å². The molecule has 2 rings (SSSR count). The smallest absolute Gasteiger partial charge is 0.0328 e. The Hall–Kier alpha value is -0.120. The van der Waals surface area contributed by atoms with Crippen molar-refractivity contribution in [3.8, 4) is 0 Å². The molecule has 0 bridgehead atoms. The van der Waals surface area contributed by atoms with Crippen molar-refractivity contribution in [3.63, 3.8) is 0 Å². The molecule has 2 fully saturated rings. The average molecular weight is 225 g/mol. The molecule has 0 aromatic carbocycles. The van der Waals surface area contributed by atoms with Crippen LogP contribution in [0.1, 0.15) is 32.1 Å². The van der Waals surface area contributed by atoms with E-state index >= 15 is 0 Å². The van der Waals surface area contributed by atoms with Crippen LogP contribution < -0.4 is 5.32 Å². The maximum Gasteiger partial charge on any atom is 0.0328 e. The van der Waals surface area contributed by atoms with E-state index in [4.69, 9.17) is 0 Å². The molecule has 0 aromatic rings. The molecule has 2 aliphatic rings. The summed E-state index contributed by atoms with van der Waals surface area (Å²) in [5.74, 6) is 0.